The van der Waals surface area contributed by atoms with E-state index in [4.69, 9.17) is 10.00 Å². The number of nitriles is 1. The number of carbonyl (C=O) groups excluding carboxylic acids is 1. The van der Waals surface area contributed by atoms with Crippen LogP contribution in [0.15, 0.2) is 12.1 Å². The van der Waals surface area contributed by atoms with Crippen LogP contribution < -0.4 is 0 Å². The maximum absolute atomic E-state index is 12.8. The van der Waals surface area contributed by atoms with E-state index in [1.165, 1.54) is 0 Å². The summed E-state index contributed by atoms with van der Waals surface area (Å²) < 4.78 is 43.1. The zero-order chi connectivity index (χ0) is 15.3. The molecule has 0 radical (unpaired) electrons. The highest BCUT2D eigenvalue weighted by Crippen LogP contribution is 2.33. The summed E-state index contributed by atoms with van der Waals surface area (Å²) >= 11 is 3.05. The van der Waals surface area contributed by atoms with Crippen LogP contribution in [0, 0.1) is 11.3 Å². The first kappa shape index (κ1) is 16.5. The van der Waals surface area contributed by atoms with E-state index in [0.29, 0.717) is 0 Å². The van der Waals surface area contributed by atoms with Crippen LogP contribution in [0.25, 0.3) is 0 Å². The van der Waals surface area contributed by atoms with Crippen LogP contribution in [0.2, 0.25) is 0 Å². The van der Waals surface area contributed by atoms with Crippen LogP contribution in [0.4, 0.5) is 13.2 Å². The third kappa shape index (κ3) is 3.97. The predicted octanol–water partition coefficient (Wildman–Crippen LogP) is 3.58. The minimum atomic E-state index is -4.53. The van der Waals surface area contributed by atoms with Gasteiger partial charge in [0, 0.05) is 5.33 Å². The van der Waals surface area contributed by atoms with Crippen LogP contribution in [0.3, 0.4) is 0 Å². The van der Waals surface area contributed by atoms with E-state index in [1.54, 1.807) is 6.92 Å². The van der Waals surface area contributed by atoms with Gasteiger partial charge in [0.25, 0.3) is 0 Å². The van der Waals surface area contributed by atoms with Gasteiger partial charge in [0.1, 0.15) is 0 Å². The third-order valence-corrected chi connectivity index (χ3v) is 3.13. The van der Waals surface area contributed by atoms with Gasteiger partial charge >= 0.3 is 12.1 Å². The monoisotopic (exact) mass is 349 g/mol. The number of esters is 1. The molecule has 0 fully saturated rings. The molecule has 20 heavy (non-hydrogen) atoms. The van der Waals surface area contributed by atoms with Gasteiger partial charge in [-0.25, -0.2) is 0 Å². The molecule has 0 atom stereocenters. The number of nitrogens with zero attached hydrogens (tertiary/aromatic N) is 1. The van der Waals surface area contributed by atoms with Crippen molar-refractivity contribution in [2.45, 2.75) is 24.9 Å². The molecule has 0 spiro atoms. The first-order chi connectivity index (χ1) is 9.33. The lowest BCUT2D eigenvalue weighted by Gasteiger charge is -2.13. The average Bonchev–Trinajstić information content (AvgIpc) is 2.36. The SMILES string of the molecule is CCOC(=O)Cc1cc(C(F)(F)F)cc(CBr)c1C#N. The molecule has 108 valence electrons. The molecule has 1 aromatic rings. The fraction of sp³-hybridized carbons (Fsp3) is 0.385. The van der Waals surface area contributed by atoms with E-state index < -0.39 is 17.7 Å². The van der Waals surface area contributed by atoms with Crippen LogP contribution in [0.5, 0.6) is 0 Å². The number of ether oxygens (including phenoxy) is 1. The molecule has 0 aliphatic rings. The molecular weight excluding hydrogens is 339 g/mol. The Labute approximate surface area is 122 Å². The number of alkyl halides is 4. The first-order valence-electron chi connectivity index (χ1n) is 5.68. The standard InChI is InChI=1S/C13H11BrF3NO2/c1-2-20-12(19)5-8-3-10(13(15,16)17)4-9(6-14)11(8)7-18/h3-4H,2,5-6H2,1H3. The zero-order valence-corrected chi connectivity index (χ0v) is 12.1. The maximum atomic E-state index is 12.8. The number of hydrogen-bond donors (Lipinski definition) is 0. The summed E-state index contributed by atoms with van der Waals surface area (Å²) in [6.45, 7) is 1.73. The summed E-state index contributed by atoms with van der Waals surface area (Å²) in [7, 11) is 0. The second kappa shape index (κ2) is 6.75. The van der Waals surface area contributed by atoms with Crippen molar-refractivity contribution < 1.29 is 22.7 Å². The Morgan fingerprint density at radius 1 is 1.40 bits per heavy atom. The molecule has 0 heterocycles. The van der Waals surface area contributed by atoms with E-state index in [2.05, 4.69) is 15.9 Å². The molecule has 0 amide bonds. The molecule has 1 aromatic carbocycles. The Kier molecular flexibility index (Phi) is 5.57. The Hall–Kier alpha value is -1.55. The summed E-state index contributed by atoms with van der Waals surface area (Å²) in [5.41, 5.74) is -0.593. The van der Waals surface area contributed by atoms with Gasteiger partial charge in [0.05, 0.1) is 30.2 Å². The highest BCUT2D eigenvalue weighted by molar-refractivity contribution is 9.08. The Balaban J connectivity index is 3.32. The first-order valence-corrected chi connectivity index (χ1v) is 6.80. The average molecular weight is 350 g/mol. The van der Waals surface area contributed by atoms with Gasteiger partial charge in [-0.3, -0.25) is 4.79 Å². The second-order valence-electron chi connectivity index (χ2n) is 3.89. The minimum Gasteiger partial charge on any atom is -0.466 e. The Bertz CT molecular complexity index is 550. The molecule has 0 bridgehead atoms. The van der Waals surface area contributed by atoms with Crippen LogP contribution >= 0.6 is 15.9 Å². The lowest BCUT2D eigenvalue weighted by atomic mass is 9.97. The van der Waals surface area contributed by atoms with Gasteiger partial charge < -0.3 is 4.74 Å². The predicted molar refractivity (Wildman–Crippen MR) is 69.1 cm³/mol. The van der Waals surface area contributed by atoms with Crippen molar-refractivity contribution in [3.05, 3.63) is 34.4 Å². The summed E-state index contributed by atoms with van der Waals surface area (Å²) in [6.07, 6.45) is -4.89. The number of hydrogen-bond acceptors (Lipinski definition) is 3. The van der Waals surface area contributed by atoms with Crippen molar-refractivity contribution in [3.63, 3.8) is 0 Å². The van der Waals surface area contributed by atoms with Crippen LogP contribution in [-0.2, 0) is 27.5 Å². The maximum Gasteiger partial charge on any atom is 0.416 e. The topological polar surface area (TPSA) is 50.1 Å². The molecule has 7 heteroatoms. The van der Waals surface area contributed by atoms with Gasteiger partial charge in [0.15, 0.2) is 0 Å². The number of carbonyl (C=O) groups is 1. The van der Waals surface area contributed by atoms with E-state index in [0.717, 1.165) is 12.1 Å². The highest BCUT2D eigenvalue weighted by atomic mass is 79.9. The Morgan fingerprint density at radius 3 is 2.45 bits per heavy atom. The molecular formula is C13H11BrF3NO2. The van der Waals surface area contributed by atoms with Crippen molar-refractivity contribution in [2.75, 3.05) is 6.61 Å². The number of halogens is 4. The quantitative estimate of drug-likeness (QED) is 0.616. The van der Waals surface area contributed by atoms with Gasteiger partial charge in [-0.05, 0) is 30.2 Å². The number of benzene rings is 1. The fourth-order valence-electron chi connectivity index (χ4n) is 1.69. The highest BCUT2D eigenvalue weighted by Gasteiger charge is 2.32. The molecule has 0 unspecified atom stereocenters. The van der Waals surface area contributed by atoms with Gasteiger partial charge in [-0.2, -0.15) is 18.4 Å². The van der Waals surface area contributed by atoms with Gasteiger partial charge in [0.2, 0.25) is 0 Å². The molecule has 3 nitrogen and oxygen atoms in total. The molecule has 0 N–H and O–H groups in total. The normalized spacial score (nSPS) is 11.0. The molecule has 0 saturated heterocycles. The molecule has 0 aromatic heterocycles. The van der Waals surface area contributed by atoms with E-state index in [9.17, 15) is 18.0 Å². The zero-order valence-electron chi connectivity index (χ0n) is 10.6. The van der Waals surface area contributed by atoms with Crippen molar-refractivity contribution in [1.29, 1.82) is 5.26 Å². The van der Waals surface area contributed by atoms with Crippen molar-refractivity contribution >= 4 is 21.9 Å². The fourth-order valence-corrected chi connectivity index (χ4v) is 2.13. The molecule has 0 aliphatic carbocycles. The summed E-state index contributed by atoms with van der Waals surface area (Å²) in [6, 6.07) is 3.56. The lowest BCUT2D eigenvalue weighted by Crippen LogP contribution is -2.13. The van der Waals surface area contributed by atoms with E-state index >= 15 is 0 Å². The lowest BCUT2D eigenvalue weighted by molar-refractivity contribution is -0.142. The largest absolute Gasteiger partial charge is 0.466 e. The molecule has 1 rings (SSSR count). The molecule has 0 aliphatic heterocycles. The van der Waals surface area contributed by atoms with Gasteiger partial charge in [-0.15, -0.1) is 0 Å². The summed E-state index contributed by atoms with van der Waals surface area (Å²) in [4.78, 5) is 11.4. The third-order valence-electron chi connectivity index (χ3n) is 2.52. The summed E-state index contributed by atoms with van der Waals surface area (Å²) in [5.74, 6) is -0.663. The molecule has 0 saturated carbocycles. The number of rotatable bonds is 4. The van der Waals surface area contributed by atoms with Crippen molar-refractivity contribution in [1.82, 2.24) is 0 Å². The summed E-state index contributed by atoms with van der Waals surface area (Å²) in [5, 5.41) is 9.16. The van der Waals surface area contributed by atoms with Crippen molar-refractivity contribution in [3.8, 4) is 6.07 Å². The van der Waals surface area contributed by atoms with Crippen LogP contribution in [0.1, 0.15) is 29.2 Å². The van der Waals surface area contributed by atoms with E-state index in [1.807, 2.05) is 6.07 Å². The Morgan fingerprint density at radius 2 is 2.00 bits per heavy atom. The van der Waals surface area contributed by atoms with E-state index in [-0.39, 0.29) is 35.0 Å². The van der Waals surface area contributed by atoms with Gasteiger partial charge in [-0.1, -0.05) is 15.9 Å². The van der Waals surface area contributed by atoms with Crippen LogP contribution in [-0.4, -0.2) is 12.6 Å². The smallest absolute Gasteiger partial charge is 0.416 e. The second-order valence-corrected chi connectivity index (χ2v) is 4.46. The van der Waals surface area contributed by atoms with Crippen molar-refractivity contribution in [2.24, 2.45) is 0 Å². The minimum absolute atomic E-state index is 0.0234.